The molecule has 0 aliphatic heterocycles. The zero-order chi connectivity index (χ0) is 18.2. The summed E-state index contributed by atoms with van der Waals surface area (Å²) in [5.74, 6) is 0.778. The molecular weight excluding hydrogens is 318 g/mol. The molecule has 0 unspecified atom stereocenters. The smallest absolute Gasteiger partial charge is 0.321 e. The molecule has 0 bridgehead atoms. The van der Waals surface area contributed by atoms with Crippen molar-refractivity contribution >= 4 is 11.9 Å². The number of nitrogens with one attached hydrogen (secondary N) is 2. The molecule has 1 heterocycles. The van der Waals surface area contributed by atoms with Gasteiger partial charge in [0.05, 0.1) is 19.4 Å². The van der Waals surface area contributed by atoms with Crippen molar-refractivity contribution in [2.24, 2.45) is 0 Å². The van der Waals surface area contributed by atoms with Gasteiger partial charge in [0.2, 0.25) is 5.91 Å². The largest absolute Gasteiger partial charge is 0.467 e. The molecule has 0 saturated carbocycles. The minimum Gasteiger partial charge on any atom is -0.467 e. The van der Waals surface area contributed by atoms with E-state index >= 15 is 0 Å². The van der Waals surface area contributed by atoms with Crippen LogP contribution in [0.2, 0.25) is 0 Å². The Morgan fingerprint density at radius 1 is 1.16 bits per heavy atom. The van der Waals surface area contributed by atoms with E-state index in [0.29, 0.717) is 18.2 Å². The van der Waals surface area contributed by atoms with Crippen molar-refractivity contribution in [1.82, 2.24) is 15.5 Å². The first-order valence-corrected chi connectivity index (χ1v) is 8.31. The Labute approximate surface area is 148 Å². The Hall–Kier alpha value is -2.60. The Kier molecular flexibility index (Phi) is 6.77. The van der Waals surface area contributed by atoms with E-state index in [1.165, 1.54) is 11.8 Å². The first-order chi connectivity index (χ1) is 11.9. The van der Waals surface area contributed by atoms with Crippen LogP contribution in [0.25, 0.3) is 0 Å². The molecule has 0 fully saturated rings. The maximum atomic E-state index is 11.9. The van der Waals surface area contributed by atoms with Gasteiger partial charge in [0, 0.05) is 6.54 Å². The molecule has 6 nitrogen and oxygen atoms in total. The van der Waals surface area contributed by atoms with Crippen molar-refractivity contribution in [3.63, 3.8) is 0 Å². The first-order valence-electron chi connectivity index (χ1n) is 8.31. The van der Waals surface area contributed by atoms with Crippen LogP contribution in [0.3, 0.4) is 0 Å². The number of rotatable bonds is 7. The molecule has 2 aromatic rings. The van der Waals surface area contributed by atoms with Gasteiger partial charge in [-0.25, -0.2) is 4.79 Å². The third-order valence-corrected chi connectivity index (χ3v) is 3.77. The summed E-state index contributed by atoms with van der Waals surface area (Å²) in [5, 5.41) is 4.88. The lowest BCUT2D eigenvalue weighted by atomic mass is 10.0. The Balaban J connectivity index is 1.72. The van der Waals surface area contributed by atoms with Crippen molar-refractivity contribution < 1.29 is 14.0 Å². The zero-order valence-electron chi connectivity index (χ0n) is 14.9. The van der Waals surface area contributed by atoms with E-state index < -0.39 is 6.03 Å². The number of nitrogens with zero attached hydrogens (tertiary/aromatic N) is 1. The van der Waals surface area contributed by atoms with Gasteiger partial charge in [-0.2, -0.15) is 0 Å². The maximum Gasteiger partial charge on any atom is 0.321 e. The van der Waals surface area contributed by atoms with Gasteiger partial charge in [0.15, 0.2) is 0 Å². The number of hydrogen-bond donors (Lipinski definition) is 2. The van der Waals surface area contributed by atoms with Crippen LogP contribution >= 0.6 is 0 Å². The van der Waals surface area contributed by atoms with Gasteiger partial charge in [-0.1, -0.05) is 38.1 Å². The van der Waals surface area contributed by atoms with Gasteiger partial charge >= 0.3 is 6.03 Å². The van der Waals surface area contributed by atoms with E-state index in [2.05, 4.69) is 48.7 Å². The van der Waals surface area contributed by atoms with Crippen molar-refractivity contribution in [2.75, 3.05) is 13.6 Å². The molecule has 0 saturated heterocycles. The van der Waals surface area contributed by atoms with Crippen LogP contribution < -0.4 is 10.6 Å². The molecular formula is C19H25N3O3. The second kappa shape index (κ2) is 9.03. The quantitative estimate of drug-likeness (QED) is 0.811. The van der Waals surface area contributed by atoms with Gasteiger partial charge < -0.3 is 9.73 Å². The van der Waals surface area contributed by atoms with Gasteiger partial charge in [-0.15, -0.1) is 0 Å². The van der Waals surface area contributed by atoms with Crippen LogP contribution in [0.1, 0.15) is 36.7 Å². The lowest BCUT2D eigenvalue weighted by molar-refractivity contribution is -0.120. The highest BCUT2D eigenvalue weighted by Gasteiger charge is 2.11. The fourth-order valence-corrected chi connectivity index (χ4v) is 2.41. The third kappa shape index (κ3) is 6.43. The Bertz CT molecular complexity index is 678. The monoisotopic (exact) mass is 343 g/mol. The average molecular weight is 343 g/mol. The molecule has 1 aromatic heterocycles. The summed E-state index contributed by atoms with van der Waals surface area (Å²) in [6, 6.07) is 11.3. The summed E-state index contributed by atoms with van der Waals surface area (Å²) in [6.07, 6.45) is 1.53. The summed E-state index contributed by atoms with van der Waals surface area (Å²) < 4.78 is 5.11. The predicted molar refractivity (Wildman–Crippen MR) is 96.0 cm³/mol. The molecule has 0 aliphatic rings. The summed E-state index contributed by atoms with van der Waals surface area (Å²) in [6.45, 7) is 5.33. The van der Waals surface area contributed by atoms with E-state index in [1.807, 2.05) is 11.9 Å². The van der Waals surface area contributed by atoms with Crippen LogP contribution in [-0.2, 0) is 17.9 Å². The van der Waals surface area contributed by atoms with Crippen molar-refractivity contribution in [3.05, 3.63) is 59.5 Å². The van der Waals surface area contributed by atoms with Gasteiger partial charge in [0.1, 0.15) is 5.76 Å². The highest BCUT2D eigenvalue weighted by atomic mass is 16.3. The molecule has 0 spiro atoms. The number of carbonyl (C=O) groups excluding carboxylic acids is 2. The van der Waals surface area contributed by atoms with E-state index in [1.54, 1.807) is 12.1 Å². The van der Waals surface area contributed by atoms with E-state index in [4.69, 9.17) is 4.42 Å². The van der Waals surface area contributed by atoms with Crippen LogP contribution in [0, 0.1) is 0 Å². The lowest BCUT2D eigenvalue weighted by Crippen LogP contribution is -2.43. The molecule has 2 N–H and O–H groups in total. The van der Waals surface area contributed by atoms with Crippen LogP contribution in [0.15, 0.2) is 47.1 Å². The van der Waals surface area contributed by atoms with Gasteiger partial charge in [-0.3, -0.25) is 15.0 Å². The first kappa shape index (κ1) is 18.7. The molecule has 3 amide bonds. The normalized spacial score (nSPS) is 10.9. The van der Waals surface area contributed by atoms with Crippen molar-refractivity contribution in [1.29, 1.82) is 0 Å². The number of urea groups is 1. The number of benzene rings is 1. The van der Waals surface area contributed by atoms with Crippen LogP contribution in [-0.4, -0.2) is 30.4 Å². The van der Waals surface area contributed by atoms with Gasteiger partial charge in [-0.05, 0) is 36.2 Å². The minimum absolute atomic E-state index is 0.139. The highest BCUT2D eigenvalue weighted by Crippen LogP contribution is 2.15. The molecule has 1 aromatic carbocycles. The number of carbonyl (C=O) groups is 2. The lowest BCUT2D eigenvalue weighted by Gasteiger charge is -2.16. The Morgan fingerprint density at radius 3 is 2.48 bits per heavy atom. The average Bonchev–Trinajstić information content (AvgIpc) is 3.06. The molecule has 0 aliphatic carbocycles. The van der Waals surface area contributed by atoms with Crippen molar-refractivity contribution in [3.8, 4) is 0 Å². The number of amides is 3. The zero-order valence-corrected chi connectivity index (χ0v) is 14.9. The summed E-state index contributed by atoms with van der Waals surface area (Å²) in [5.41, 5.74) is 2.42. The molecule has 2 rings (SSSR count). The maximum absolute atomic E-state index is 11.9. The predicted octanol–water partition coefficient (Wildman–Crippen LogP) is 2.86. The number of furan rings is 1. The minimum atomic E-state index is -0.531. The standard InChI is InChI=1S/C19H25N3O3/c1-14(2)16-8-6-15(7-9-16)12-22(3)13-18(23)21-19(24)20-11-17-5-4-10-25-17/h4-10,14H,11-13H2,1-3H3,(H2,20,21,23,24). The molecule has 25 heavy (non-hydrogen) atoms. The van der Waals surface area contributed by atoms with Crippen LogP contribution in [0.4, 0.5) is 4.79 Å². The number of hydrogen-bond acceptors (Lipinski definition) is 4. The van der Waals surface area contributed by atoms with E-state index in [-0.39, 0.29) is 19.0 Å². The fourth-order valence-electron chi connectivity index (χ4n) is 2.41. The second-order valence-corrected chi connectivity index (χ2v) is 6.38. The summed E-state index contributed by atoms with van der Waals surface area (Å²) in [4.78, 5) is 25.5. The number of likely N-dealkylation sites (N-methyl/N-ethyl adjacent to an activating group) is 1. The van der Waals surface area contributed by atoms with Crippen molar-refractivity contribution in [2.45, 2.75) is 32.9 Å². The summed E-state index contributed by atoms with van der Waals surface area (Å²) >= 11 is 0. The Morgan fingerprint density at radius 2 is 1.88 bits per heavy atom. The van der Waals surface area contributed by atoms with E-state index in [0.717, 1.165) is 5.56 Å². The third-order valence-electron chi connectivity index (χ3n) is 3.77. The molecule has 0 atom stereocenters. The highest BCUT2D eigenvalue weighted by molar-refractivity contribution is 5.95. The summed E-state index contributed by atoms with van der Waals surface area (Å²) in [7, 11) is 1.84. The number of imide groups is 1. The van der Waals surface area contributed by atoms with E-state index in [9.17, 15) is 9.59 Å². The second-order valence-electron chi connectivity index (χ2n) is 6.38. The van der Waals surface area contributed by atoms with Gasteiger partial charge in [0.25, 0.3) is 0 Å². The molecule has 134 valence electrons. The van der Waals surface area contributed by atoms with Crippen LogP contribution in [0.5, 0.6) is 0 Å². The topological polar surface area (TPSA) is 74.6 Å². The fraction of sp³-hybridized carbons (Fsp3) is 0.368. The molecule has 6 heteroatoms. The molecule has 0 radical (unpaired) electrons. The SMILES string of the molecule is CC(C)c1ccc(CN(C)CC(=O)NC(=O)NCc2ccco2)cc1.